The highest BCUT2D eigenvalue weighted by Crippen LogP contribution is 2.26. The van der Waals surface area contributed by atoms with Gasteiger partial charge >= 0.3 is 0 Å². The van der Waals surface area contributed by atoms with Crippen LogP contribution in [0.4, 0.5) is 5.82 Å². The third kappa shape index (κ3) is 2.68. The Balaban J connectivity index is 2.06. The number of nitrogens with zero attached hydrogens (tertiary/aromatic N) is 4. The van der Waals surface area contributed by atoms with Crippen LogP contribution >= 0.6 is 23.2 Å². The lowest BCUT2D eigenvalue weighted by Gasteiger charge is -2.07. The van der Waals surface area contributed by atoms with Gasteiger partial charge in [-0.2, -0.15) is 5.10 Å². The van der Waals surface area contributed by atoms with Crippen molar-refractivity contribution in [2.75, 3.05) is 5.43 Å². The van der Waals surface area contributed by atoms with Crippen molar-refractivity contribution < 1.29 is 4.79 Å². The summed E-state index contributed by atoms with van der Waals surface area (Å²) in [5.74, 6) is 0.218. The summed E-state index contributed by atoms with van der Waals surface area (Å²) >= 11 is 12.0. The zero-order chi connectivity index (χ0) is 15.7. The van der Waals surface area contributed by atoms with Gasteiger partial charge in [-0.15, -0.1) is 0 Å². The molecule has 0 saturated heterocycles. The van der Waals surface area contributed by atoms with Gasteiger partial charge in [0.25, 0.3) is 0 Å². The van der Waals surface area contributed by atoms with Crippen LogP contribution in [0.2, 0.25) is 10.0 Å². The van der Waals surface area contributed by atoms with Gasteiger partial charge in [0, 0.05) is 6.92 Å². The van der Waals surface area contributed by atoms with Crippen LogP contribution in [-0.4, -0.2) is 25.7 Å². The molecule has 0 spiro atoms. The number of aromatic nitrogens is 4. The van der Waals surface area contributed by atoms with E-state index >= 15 is 0 Å². The quantitative estimate of drug-likeness (QED) is 0.718. The largest absolute Gasteiger partial charge is 0.281 e. The molecule has 1 aromatic carbocycles. The van der Waals surface area contributed by atoms with E-state index < -0.39 is 0 Å². The Kier molecular flexibility index (Phi) is 3.82. The Morgan fingerprint density at radius 3 is 2.77 bits per heavy atom. The molecule has 112 valence electrons. The van der Waals surface area contributed by atoms with Crippen LogP contribution in [0.5, 0.6) is 0 Å². The molecule has 0 aliphatic carbocycles. The van der Waals surface area contributed by atoms with Crippen LogP contribution in [0, 0.1) is 0 Å². The first-order valence-electron chi connectivity index (χ1n) is 6.23. The van der Waals surface area contributed by atoms with E-state index in [1.54, 1.807) is 29.1 Å². The highest BCUT2D eigenvalue weighted by molar-refractivity contribution is 6.42. The monoisotopic (exact) mass is 336 g/mol. The van der Waals surface area contributed by atoms with Gasteiger partial charge in [-0.3, -0.25) is 15.6 Å². The standard InChI is InChI=1S/C13H10Cl2N6O/c1-7(22)19-20-12-9-5-18-21(13(9)17-6-16-12)8-2-3-10(14)11(15)4-8/h2-6H,1H3,(H,19,22)(H,16,17,20). The smallest absolute Gasteiger partial charge is 0.235 e. The predicted molar refractivity (Wildman–Crippen MR) is 84.1 cm³/mol. The van der Waals surface area contributed by atoms with Gasteiger partial charge in [-0.25, -0.2) is 14.6 Å². The maximum absolute atomic E-state index is 11.0. The van der Waals surface area contributed by atoms with Crippen molar-refractivity contribution in [1.82, 2.24) is 25.2 Å². The van der Waals surface area contributed by atoms with E-state index in [0.29, 0.717) is 32.6 Å². The third-order valence-electron chi connectivity index (χ3n) is 2.87. The zero-order valence-electron chi connectivity index (χ0n) is 11.3. The van der Waals surface area contributed by atoms with Crippen molar-refractivity contribution in [1.29, 1.82) is 0 Å². The summed E-state index contributed by atoms with van der Waals surface area (Å²) in [4.78, 5) is 19.3. The van der Waals surface area contributed by atoms with E-state index in [-0.39, 0.29) is 5.91 Å². The fraction of sp³-hybridized carbons (Fsp3) is 0.0769. The van der Waals surface area contributed by atoms with Gasteiger partial charge in [0.05, 0.1) is 27.3 Å². The molecular weight excluding hydrogens is 327 g/mol. The maximum atomic E-state index is 11.0. The number of rotatable bonds is 3. The number of carbonyl (C=O) groups excluding carboxylic acids is 1. The van der Waals surface area contributed by atoms with Gasteiger partial charge < -0.3 is 0 Å². The molecule has 0 bridgehead atoms. The Labute approximate surface area is 135 Å². The lowest BCUT2D eigenvalue weighted by molar-refractivity contribution is -0.118. The minimum atomic E-state index is -0.233. The van der Waals surface area contributed by atoms with Gasteiger partial charge in [0.15, 0.2) is 11.5 Å². The first kappa shape index (κ1) is 14.6. The molecule has 7 nitrogen and oxygen atoms in total. The third-order valence-corrected chi connectivity index (χ3v) is 3.61. The molecule has 3 aromatic rings. The zero-order valence-corrected chi connectivity index (χ0v) is 12.9. The van der Waals surface area contributed by atoms with Crippen molar-refractivity contribution >= 4 is 46.0 Å². The molecule has 0 aliphatic rings. The van der Waals surface area contributed by atoms with Crippen LogP contribution in [0.25, 0.3) is 16.7 Å². The minimum Gasteiger partial charge on any atom is -0.281 e. The second-order valence-electron chi connectivity index (χ2n) is 4.42. The molecule has 9 heteroatoms. The van der Waals surface area contributed by atoms with Crippen LogP contribution in [0.1, 0.15) is 6.92 Å². The molecule has 0 radical (unpaired) electrons. The molecule has 0 atom stereocenters. The average Bonchev–Trinajstić information content (AvgIpc) is 2.92. The number of nitrogens with one attached hydrogen (secondary N) is 2. The number of anilines is 1. The summed E-state index contributed by atoms with van der Waals surface area (Å²) in [6.45, 7) is 1.39. The SMILES string of the molecule is CC(=O)NNc1ncnc2c1cnn2-c1ccc(Cl)c(Cl)c1. The van der Waals surface area contributed by atoms with Gasteiger partial charge in [0.2, 0.25) is 5.91 Å². The number of hydrazine groups is 1. The maximum Gasteiger partial charge on any atom is 0.235 e. The molecule has 2 N–H and O–H groups in total. The Morgan fingerprint density at radius 2 is 2.05 bits per heavy atom. The summed E-state index contributed by atoms with van der Waals surface area (Å²) in [6.07, 6.45) is 2.98. The molecule has 2 heterocycles. The van der Waals surface area contributed by atoms with E-state index in [1.807, 2.05) is 0 Å². The minimum absolute atomic E-state index is 0.233. The summed E-state index contributed by atoms with van der Waals surface area (Å²) in [6, 6.07) is 5.16. The van der Waals surface area contributed by atoms with Crippen molar-refractivity contribution in [2.45, 2.75) is 6.92 Å². The second kappa shape index (κ2) is 5.78. The fourth-order valence-corrected chi connectivity index (χ4v) is 2.19. The topological polar surface area (TPSA) is 84.7 Å². The van der Waals surface area contributed by atoms with Crippen LogP contribution in [0.3, 0.4) is 0 Å². The molecule has 22 heavy (non-hydrogen) atoms. The summed E-state index contributed by atoms with van der Waals surface area (Å²) in [7, 11) is 0. The first-order valence-corrected chi connectivity index (χ1v) is 6.98. The van der Waals surface area contributed by atoms with Gasteiger partial charge in [0.1, 0.15) is 6.33 Å². The van der Waals surface area contributed by atoms with E-state index in [1.165, 1.54) is 13.3 Å². The summed E-state index contributed by atoms with van der Waals surface area (Å²) in [5, 5.41) is 5.83. The number of halogens is 2. The fourth-order valence-electron chi connectivity index (χ4n) is 1.90. The van der Waals surface area contributed by atoms with E-state index in [2.05, 4.69) is 25.9 Å². The summed E-state index contributed by atoms with van der Waals surface area (Å²) < 4.78 is 1.61. The number of hydrogen-bond acceptors (Lipinski definition) is 5. The predicted octanol–water partition coefficient (Wildman–Crippen LogP) is 2.59. The van der Waals surface area contributed by atoms with Crippen molar-refractivity contribution in [3.8, 4) is 5.69 Å². The molecule has 3 rings (SSSR count). The number of hydrogen-bond donors (Lipinski definition) is 2. The lowest BCUT2D eigenvalue weighted by Crippen LogP contribution is -2.27. The molecule has 2 aromatic heterocycles. The highest BCUT2D eigenvalue weighted by atomic mass is 35.5. The number of benzene rings is 1. The molecule has 0 unspecified atom stereocenters. The van der Waals surface area contributed by atoms with Gasteiger partial charge in [-0.05, 0) is 18.2 Å². The van der Waals surface area contributed by atoms with Crippen LogP contribution < -0.4 is 10.9 Å². The van der Waals surface area contributed by atoms with Crippen molar-refractivity contribution in [3.05, 3.63) is 40.8 Å². The van der Waals surface area contributed by atoms with Gasteiger partial charge in [-0.1, -0.05) is 23.2 Å². The van der Waals surface area contributed by atoms with E-state index in [9.17, 15) is 4.79 Å². The number of amides is 1. The van der Waals surface area contributed by atoms with E-state index in [4.69, 9.17) is 23.2 Å². The van der Waals surface area contributed by atoms with Crippen molar-refractivity contribution in [2.24, 2.45) is 0 Å². The average molecular weight is 337 g/mol. The van der Waals surface area contributed by atoms with E-state index in [0.717, 1.165) is 0 Å². The first-order chi connectivity index (χ1) is 10.6. The van der Waals surface area contributed by atoms with Crippen LogP contribution in [0.15, 0.2) is 30.7 Å². The molecule has 0 fully saturated rings. The number of fused-ring (bicyclic) bond motifs is 1. The summed E-state index contributed by atoms with van der Waals surface area (Å²) in [5.41, 5.74) is 6.47. The second-order valence-corrected chi connectivity index (χ2v) is 5.23. The lowest BCUT2D eigenvalue weighted by atomic mass is 10.3. The molecule has 1 amide bonds. The Morgan fingerprint density at radius 1 is 1.23 bits per heavy atom. The molecule has 0 aliphatic heterocycles. The Bertz CT molecular complexity index is 863. The normalized spacial score (nSPS) is 10.7. The molecule has 0 saturated carbocycles. The Hall–Kier alpha value is -2.38. The highest BCUT2D eigenvalue weighted by Gasteiger charge is 2.12. The van der Waals surface area contributed by atoms with Crippen LogP contribution in [-0.2, 0) is 4.79 Å². The van der Waals surface area contributed by atoms with Crippen molar-refractivity contribution in [3.63, 3.8) is 0 Å². The molecular formula is C13H10Cl2N6O. The number of carbonyl (C=O) groups is 1.